The summed E-state index contributed by atoms with van der Waals surface area (Å²) in [5, 5.41) is 9.89. The van der Waals surface area contributed by atoms with Crippen LogP contribution >= 0.6 is 0 Å². The lowest BCUT2D eigenvalue weighted by atomic mass is 9.96. The van der Waals surface area contributed by atoms with Crippen molar-refractivity contribution in [2.75, 3.05) is 0 Å². The zero-order valence-corrected chi connectivity index (χ0v) is 15.3. The lowest BCUT2D eigenvalue weighted by Crippen LogP contribution is -2.20. The summed E-state index contributed by atoms with van der Waals surface area (Å²) in [5.41, 5.74) is 3.04. The molecule has 4 rings (SSSR count). The summed E-state index contributed by atoms with van der Waals surface area (Å²) < 4.78 is 7.08. The van der Waals surface area contributed by atoms with Gasteiger partial charge in [0.2, 0.25) is 5.78 Å². The van der Waals surface area contributed by atoms with Crippen molar-refractivity contribution in [1.82, 2.24) is 4.57 Å². The summed E-state index contributed by atoms with van der Waals surface area (Å²) in [6, 6.07) is 7.39. The molecule has 2 aromatic rings. The molecule has 1 aliphatic carbocycles. The largest absolute Gasteiger partial charge is 0.478 e. The van der Waals surface area contributed by atoms with Gasteiger partial charge in [0.15, 0.2) is 0 Å². The number of carboxylic acid groups (broad SMARTS) is 1. The van der Waals surface area contributed by atoms with Gasteiger partial charge in [-0.2, -0.15) is 0 Å². The Morgan fingerprint density at radius 3 is 2.67 bits per heavy atom. The number of rotatable bonds is 3. The summed E-state index contributed by atoms with van der Waals surface area (Å²) in [6.45, 7) is 3.97. The maximum atomic E-state index is 13.2. The minimum atomic E-state index is -1.09. The third-order valence-corrected chi connectivity index (χ3v) is 5.35. The molecule has 1 unspecified atom stereocenters. The van der Waals surface area contributed by atoms with E-state index in [2.05, 4.69) is 0 Å². The molecule has 0 saturated carbocycles. The summed E-state index contributed by atoms with van der Waals surface area (Å²) >= 11 is 0. The Labute approximate surface area is 156 Å². The highest BCUT2D eigenvalue weighted by molar-refractivity contribution is 6.12. The fraction of sp³-hybridized carbons (Fsp3) is 0.381. The number of carbonyl (C=O) groups is 3. The molecule has 0 fully saturated rings. The molecule has 0 amide bonds. The first-order valence-electron chi connectivity index (χ1n) is 9.21. The maximum absolute atomic E-state index is 13.2. The van der Waals surface area contributed by atoms with Crippen LogP contribution in [0.5, 0.6) is 0 Å². The Kier molecular flexibility index (Phi) is 4.13. The van der Waals surface area contributed by atoms with E-state index in [0.717, 1.165) is 5.56 Å². The number of fused-ring (bicyclic) bond motifs is 4. The average molecular weight is 367 g/mol. The second-order valence-corrected chi connectivity index (χ2v) is 7.36. The van der Waals surface area contributed by atoms with Gasteiger partial charge in [-0.15, -0.1) is 0 Å². The van der Waals surface area contributed by atoms with Crippen LogP contribution in [0.25, 0.3) is 0 Å². The third kappa shape index (κ3) is 2.67. The normalized spacial score (nSPS) is 17.9. The van der Waals surface area contributed by atoms with Gasteiger partial charge < -0.3 is 14.4 Å². The van der Waals surface area contributed by atoms with E-state index in [9.17, 15) is 19.5 Å². The molecule has 0 bridgehead atoms. The molecule has 1 atom stereocenters. The van der Waals surface area contributed by atoms with Crippen molar-refractivity contribution in [3.05, 3.63) is 57.9 Å². The number of ether oxygens (including phenoxy) is 1. The van der Waals surface area contributed by atoms with Crippen LogP contribution in [0.3, 0.4) is 0 Å². The summed E-state index contributed by atoms with van der Waals surface area (Å²) in [6.07, 6.45) is 1.23. The molecule has 140 valence electrons. The van der Waals surface area contributed by atoms with E-state index in [-0.39, 0.29) is 17.5 Å². The molecule has 6 nitrogen and oxygen atoms in total. The number of esters is 1. The molecule has 27 heavy (non-hydrogen) atoms. The molecule has 0 radical (unpaired) electrons. The first-order valence-corrected chi connectivity index (χ1v) is 9.21. The molecule has 1 aromatic carbocycles. The van der Waals surface area contributed by atoms with Crippen LogP contribution in [0.4, 0.5) is 0 Å². The number of aryl methyl sites for hydroxylation is 1. The fourth-order valence-corrected chi connectivity index (χ4v) is 4.31. The number of hydrogen-bond acceptors (Lipinski definition) is 4. The second-order valence-electron chi connectivity index (χ2n) is 7.36. The van der Waals surface area contributed by atoms with Gasteiger partial charge in [-0.05, 0) is 44.2 Å². The zero-order valence-electron chi connectivity index (χ0n) is 15.3. The number of carboxylic acids is 1. The van der Waals surface area contributed by atoms with Crippen LogP contribution in [0, 0.1) is 0 Å². The van der Waals surface area contributed by atoms with Crippen molar-refractivity contribution in [3.63, 3.8) is 0 Å². The predicted octanol–water partition coefficient (Wildman–Crippen LogP) is 2.95. The highest BCUT2D eigenvalue weighted by Gasteiger charge is 2.42. The minimum Gasteiger partial charge on any atom is -0.478 e. The number of nitrogens with zero attached hydrogens (tertiary/aromatic N) is 1. The molecular weight excluding hydrogens is 346 g/mol. The Bertz CT molecular complexity index is 969. The molecule has 0 saturated heterocycles. The van der Waals surface area contributed by atoms with E-state index >= 15 is 0 Å². The summed E-state index contributed by atoms with van der Waals surface area (Å²) in [5.74, 6) is -2.33. The Hall–Kier alpha value is -2.89. The van der Waals surface area contributed by atoms with Crippen molar-refractivity contribution >= 4 is 17.7 Å². The number of hydrogen-bond donors (Lipinski definition) is 1. The van der Waals surface area contributed by atoms with Gasteiger partial charge in [0, 0.05) is 17.8 Å². The maximum Gasteiger partial charge on any atom is 0.337 e. The van der Waals surface area contributed by atoms with E-state index in [0.29, 0.717) is 48.3 Å². The summed E-state index contributed by atoms with van der Waals surface area (Å²) in [4.78, 5) is 37.9. The molecule has 2 aliphatic rings. The van der Waals surface area contributed by atoms with E-state index in [4.69, 9.17) is 4.74 Å². The van der Waals surface area contributed by atoms with Crippen molar-refractivity contribution in [3.8, 4) is 0 Å². The monoisotopic (exact) mass is 367 g/mol. The van der Waals surface area contributed by atoms with Crippen LogP contribution in [0.15, 0.2) is 24.3 Å². The van der Waals surface area contributed by atoms with Gasteiger partial charge >= 0.3 is 11.9 Å². The standard InChI is InChI=1S/C21H21NO5/c1-11(2)27-21(26)15-9-10-22-17(15)16(20(24)25)14-8-7-12-5-3-4-6-13(12)19(23)18(14)22/h3-6,11,15H,7-10H2,1-2H3,(H,24,25). The first kappa shape index (κ1) is 17.5. The minimum absolute atomic E-state index is 0.106. The quantitative estimate of drug-likeness (QED) is 0.843. The fourth-order valence-electron chi connectivity index (χ4n) is 4.31. The Morgan fingerprint density at radius 1 is 1.22 bits per heavy atom. The number of benzene rings is 1. The van der Waals surface area contributed by atoms with Gasteiger partial charge in [0.1, 0.15) is 0 Å². The van der Waals surface area contributed by atoms with E-state index in [1.165, 1.54) is 0 Å². The third-order valence-electron chi connectivity index (χ3n) is 5.35. The number of aromatic nitrogens is 1. The van der Waals surface area contributed by atoms with Crippen molar-refractivity contribution in [2.45, 2.75) is 51.7 Å². The van der Waals surface area contributed by atoms with Gasteiger partial charge in [-0.1, -0.05) is 24.3 Å². The topological polar surface area (TPSA) is 85.6 Å². The van der Waals surface area contributed by atoms with E-state index in [1.54, 1.807) is 24.5 Å². The summed E-state index contributed by atoms with van der Waals surface area (Å²) in [7, 11) is 0. The molecule has 6 heteroatoms. The highest BCUT2D eigenvalue weighted by Crippen LogP contribution is 2.40. The van der Waals surface area contributed by atoms with Crippen LogP contribution in [-0.2, 0) is 28.9 Å². The molecule has 1 aliphatic heterocycles. The van der Waals surface area contributed by atoms with Crippen LogP contribution < -0.4 is 0 Å². The van der Waals surface area contributed by atoms with Crippen molar-refractivity contribution < 1.29 is 24.2 Å². The van der Waals surface area contributed by atoms with Gasteiger partial charge in [0.05, 0.1) is 23.3 Å². The second kappa shape index (κ2) is 6.37. The first-order chi connectivity index (χ1) is 12.9. The molecule has 2 heterocycles. The Balaban J connectivity index is 1.89. The van der Waals surface area contributed by atoms with E-state index < -0.39 is 17.9 Å². The van der Waals surface area contributed by atoms with E-state index in [1.807, 2.05) is 18.2 Å². The van der Waals surface area contributed by atoms with Crippen molar-refractivity contribution in [2.24, 2.45) is 0 Å². The average Bonchev–Trinajstić information content (AvgIpc) is 3.12. The predicted molar refractivity (Wildman–Crippen MR) is 97.3 cm³/mol. The number of aromatic carboxylic acids is 1. The lowest BCUT2D eigenvalue weighted by Gasteiger charge is -2.14. The highest BCUT2D eigenvalue weighted by atomic mass is 16.5. The van der Waals surface area contributed by atoms with Gasteiger partial charge in [-0.3, -0.25) is 9.59 Å². The molecule has 0 spiro atoms. The molecule has 1 aromatic heterocycles. The van der Waals surface area contributed by atoms with Crippen LogP contribution in [-0.4, -0.2) is 33.5 Å². The smallest absolute Gasteiger partial charge is 0.337 e. The molecule has 1 N–H and O–H groups in total. The number of ketones is 1. The van der Waals surface area contributed by atoms with Crippen molar-refractivity contribution in [1.29, 1.82) is 0 Å². The van der Waals surface area contributed by atoms with Crippen LogP contribution in [0.2, 0.25) is 0 Å². The van der Waals surface area contributed by atoms with Gasteiger partial charge in [-0.25, -0.2) is 4.79 Å². The van der Waals surface area contributed by atoms with Gasteiger partial charge in [0.25, 0.3) is 0 Å². The molecular formula is C21H21NO5. The Morgan fingerprint density at radius 2 is 1.96 bits per heavy atom. The van der Waals surface area contributed by atoms with Crippen LogP contribution in [0.1, 0.15) is 69.4 Å². The lowest BCUT2D eigenvalue weighted by molar-refractivity contribution is -0.149. The number of carbonyl (C=O) groups excluding carboxylic acids is 2. The zero-order chi connectivity index (χ0) is 19.3. The SMILES string of the molecule is CC(C)OC(=O)C1CCn2c3c(c(C(=O)O)c21)CCc1ccccc1C3=O.